The van der Waals surface area contributed by atoms with Crippen molar-refractivity contribution in [3.63, 3.8) is 0 Å². The van der Waals surface area contributed by atoms with Crippen molar-refractivity contribution < 1.29 is 31.1 Å². The highest BCUT2D eigenvalue weighted by Crippen LogP contribution is 2.36. The van der Waals surface area contributed by atoms with Gasteiger partial charge in [0.2, 0.25) is 0 Å². The van der Waals surface area contributed by atoms with E-state index < -0.39 is 24.1 Å². The molecule has 28 heavy (non-hydrogen) atoms. The predicted octanol–water partition coefficient (Wildman–Crippen LogP) is 5.37. The normalized spacial score (nSPS) is 11.8. The van der Waals surface area contributed by atoms with Gasteiger partial charge in [-0.1, -0.05) is 12.1 Å². The molecule has 10 heteroatoms. The number of nitriles is 1. The molecule has 0 bridgehead atoms. The number of carbonyl (C=O) groups is 1. The molecule has 0 radical (unpaired) electrons. The second kappa shape index (κ2) is 8.56. The SMILES string of the molecule is N#Cc1ccc(CN(CC(F)(F)F)C(=O)c2ccc(SC(F)(F)F)cc2)cc1. The summed E-state index contributed by atoms with van der Waals surface area (Å²) in [4.78, 5) is 12.9. The zero-order chi connectivity index (χ0) is 20.9. The Bertz CT molecular complexity index is 854. The summed E-state index contributed by atoms with van der Waals surface area (Å²) in [5.41, 5.74) is -3.98. The number of hydrogen-bond donors (Lipinski definition) is 0. The highest BCUT2D eigenvalue weighted by atomic mass is 32.2. The maximum Gasteiger partial charge on any atom is 0.446 e. The number of thioether (sulfide) groups is 1. The van der Waals surface area contributed by atoms with Gasteiger partial charge in [0, 0.05) is 17.0 Å². The number of hydrogen-bond acceptors (Lipinski definition) is 3. The molecular weight excluding hydrogens is 406 g/mol. The molecule has 2 aromatic rings. The standard InChI is InChI=1S/C18H12F6N2OS/c19-17(20,21)11-26(10-13-3-1-12(9-25)2-4-13)16(27)14-5-7-15(8-6-14)28-18(22,23)24/h1-8H,10-11H2. The molecule has 0 saturated heterocycles. The van der Waals surface area contributed by atoms with Crippen LogP contribution in [-0.2, 0) is 6.54 Å². The summed E-state index contributed by atoms with van der Waals surface area (Å²) in [7, 11) is 0. The van der Waals surface area contributed by atoms with Gasteiger partial charge in [-0.15, -0.1) is 0 Å². The molecule has 0 aliphatic rings. The van der Waals surface area contributed by atoms with Gasteiger partial charge in [-0.2, -0.15) is 31.6 Å². The predicted molar refractivity (Wildman–Crippen MR) is 90.3 cm³/mol. The molecule has 3 nitrogen and oxygen atoms in total. The molecule has 0 N–H and O–H groups in total. The summed E-state index contributed by atoms with van der Waals surface area (Å²) in [5.74, 6) is -0.967. The molecule has 0 fully saturated rings. The van der Waals surface area contributed by atoms with Crippen LogP contribution in [0.1, 0.15) is 21.5 Å². The molecule has 0 saturated carbocycles. The fourth-order valence-electron chi connectivity index (χ4n) is 2.30. The third-order valence-corrected chi connectivity index (χ3v) is 4.19. The summed E-state index contributed by atoms with van der Waals surface area (Å²) in [6, 6.07) is 11.7. The molecule has 0 heterocycles. The number of nitrogens with zero attached hydrogens (tertiary/aromatic N) is 2. The van der Waals surface area contributed by atoms with Gasteiger partial charge in [0.25, 0.3) is 5.91 Å². The monoisotopic (exact) mass is 418 g/mol. The molecule has 148 valence electrons. The van der Waals surface area contributed by atoms with Gasteiger partial charge in [0.1, 0.15) is 6.54 Å². The number of benzene rings is 2. The van der Waals surface area contributed by atoms with E-state index in [1.165, 1.54) is 24.3 Å². The molecule has 1 amide bonds. The third-order valence-electron chi connectivity index (χ3n) is 3.45. The fourth-order valence-corrected chi connectivity index (χ4v) is 2.84. The summed E-state index contributed by atoms with van der Waals surface area (Å²) in [6.07, 6.45) is -4.66. The highest BCUT2D eigenvalue weighted by molar-refractivity contribution is 8.00. The first-order valence-electron chi connectivity index (χ1n) is 7.68. The van der Waals surface area contributed by atoms with E-state index in [0.717, 1.165) is 24.3 Å². The lowest BCUT2D eigenvalue weighted by atomic mass is 10.1. The summed E-state index contributed by atoms with van der Waals surface area (Å²) < 4.78 is 75.7. The van der Waals surface area contributed by atoms with Gasteiger partial charge in [-0.25, -0.2) is 0 Å². The van der Waals surface area contributed by atoms with Gasteiger partial charge in [-0.05, 0) is 53.7 Å². The summed E-state index contributed by atoms with van der Waals surface area (Å²) in [6.45, 7) is -1.89. The van der Waals surface area contributed by atoms with Crippen LogP contribution in [0.4, 0.5) is 26.3 Å². The molecule has 0 unspecified atom stereocenters. The van der Waals surface area contributed by atoms with Crippen molar-refractivity contribution >= 4 is 17.7 Å². The van der Waals surface area contributed by atoms with E-state index in [9.17, 15) is 31.1 Å². The van der Waals surface area contributed by atoms with Gasteiger partial charge >= 0.3 is 11.7 Å². The van der Waals surface area contributed by atoms with Gasteiger partial charge < -0.3 is 4.90 Å². The van der Waals surface area contributed by atoms with Gasteiger partial charge in [0.05, 0.1) is 11.6 Å². The molecule has 0 aliphatic carbocycles. The van der Waals surface area contributed by atoms with Gasteiger partial charge in [0.15, 0.2) is 0 Å². The van der Waals surface area contributed by atoms with Crippen LogP contribution < -0.4 is 0 Å². The van der Waals surface area contributed by atoms with E-state index in [1.54, 1.807) is 0 Å². The Morgan fingerprint density at radius 2 is 1.54 bits per heavy atom. The Morgan fingerprint density at radius 3 is 2.00 bits per heavy atom. The maximum atomic E-state index is 12.9. The lowest BCUT2D eigenvalue weighted by molar-refractivity contribution is -0.141. The molecule has 0 spiro atoms. The number of alkyl halides is 6. The topological polar surface area (TPSA) is 44.1 Å². The average Bonchev–Trinajstić information content (AvgIpc) is 2.59. The molecule has 2 aromatic carbocycles. The van der Waals surface area contributed by atoms with Gasteiger partial charge in [-0.3, -0.25) is 4.79 Å². The number of halogens is 6. The van der Waals surface area contributed by atoms with E-state index >= 15 is 0 Å². The molecular formula is C18H12F6N2OS. The molecule has 0 aliphatic heterocycles. The highest BCUT2D eigenvalue weighted by Gasteiger charge is 2.34. The minimum Gasteiger partial charge on any atom is -0.325 e. The van der Waals surface area contributed by atoms with E-state index in [-0.39, 0.29) is 28.8 Å². The second-order valence-corrected chi connectivity index (χ2v) is 6.80. The van der Waals surface area contributed by atoms with Crippen molar-refractivity contribution in [2.75, 3.05) is 6.54 Å². The largest absolute Gasteiger partial charge is 0.446 e. The second-order valence-electron chi connectivity index (χ2n) is 5.66. The van der Waals surface area contributed by atoms with Crippen LogP contribution in [0, 0.1) is 11.3 Å². The number of amides is 1. The van der Waals surface area contributed by atoms with E-state index in [4.69, 9.17) is 5.26 Å². The van der Waals surface area contributed by atoms with Crippen molar-refractivity contribution in [2.45, 2.75) is 23.1 Å². The van der Waals surface area contributed by atoms with E-state index in [2.05, 4.69) is 0 Å². The zero-order valence-electron chi connectivity index (χ0n) is 14.0. The molecule has 0 aromatic heterocycles. The number of rotatable bonds is 5. The van der Waals surface area contributed by atoms with Crippen LogP contribution in [0.2, 0.25) is 0 Å². The first kappa shape index (κ1) is 21.6. The van der Waals surface area contributed by atoms with Crippen molar-refractivity contribution in [3.8, 4) is 6.07 Å². The Labute approximate surface area is 160 Å². The van der Waals surface area contributed by atoms with Crippen LogP contribution in [0.25, 0.3) is 0 Å². The average molecular weight is 418 g/mol. The first-order chi connectivity index (χ1) is 13.0. The quantitative estimate of drug-likeness (QED) is 0.484. The van der Waals surface area contributed by atoms with Crippen LogP contribution in [0.15, 0.2) is 53.4 Å². The van der Waals surface area contributed by atoms with Crippen molar-refractivity contribution in [1.29, 1.82) is 5.26 Å². The lowest BCUT2D eigenvalue weighted by Gasteiger charge is -2.24. The lowest BCUT2D eigenvalue weighted by Crippen LogP contribution is -2.38. The van der Waals surface area contributed by atoms with Crippen molar-refractivity contribution in [2.24, 2.45) is 0 Å². The maximum absolute atomic E-state index is 12.9. The fraction of sp³-hybridized carbons (Fsp3) is 0.222. The summed E-state index contributed by atoms with van der Waals surface area (Å²) in [5, 5.41) is 8.76. The van der Waals surface area contributed by atoms with Crippen LogP contribution >= 0.6 is 11.8 Å². The Kier molecular flexibility index (Phi) is 6.61. The summed E-state index contributed by atoms with van der Waals surface area (Å²) >= 11 is -0.386. The minimum absolute atomic E-state index is 0.163. The minimum atomic E-state index is -4.66. The Hall–Kier alpha value is -2.67. The Morgan fingerprint density at radius 1 is 0.964 bits per heavy atom. The molecule has 2 rings (SSSR count). The Balaban J connectivity index is 2.22. The first-order valence-corrected chi connectivity index (χ1v) is 8.49. The van der Waals surface area contributed by atoms with Crippen molar-refractivity contribution in [3.05, 3.63) is 65.2 Å². The van der Waals surface area contributed by atoms with Crippen LogP contribution in [0.3, 0.4) is 0 Å². The van der Waals surface area contributed by atoms with Crippen LogP contribution in [-0.4, -0.2) is 29.0 Å². The zero-order valence-corrected chi connectivity index (χ0v) is 14.8. The smallest absolute Gasteiger partial charge is 0.325 e. The molecule has 0 atom stereocenters. The van der Waals surface area contributed by atoms with Crippen LogP contribution in [0.5, 0.6) is 0 Å². The van der Waals surface area contributed by atoms with Crippen molar-refractivity contribution in [1.82, 2.24) is 4.90 Å². The van der Waals surface area contributed by atoms with E-state index in [0.29, 0.717) is 16.0 Å². The number of carbonyl (C=O) groups excluding carboxylic acids is 1. The third kappa shape index (κ3) is 6.81. The van der Waals surface area contributed by atoms with E-state index in [1.807, 2.05) is 6.07 Å².